The highest BCUT2D eigenvalue weighted by Gasteiger charge is 1.99. The molecule has 2 rings (SSSR count). The van der Waals surface area contributed by atoms with Gasteiger partial charge in [0.2, 0.25) is 0 Å². The lowest BCUT2D eigenvalue weighted by atomic mass is 10.1. The van der Waals surface area contributed by atoms with E-state index in [2.05, 4.69) is 47.1 Å². The zero-order chi connectivity index (χ0) is 13.0. The van der Waals surface area contributed by atoms with Crippen LogP contribution in [0.4, 0.5) is 5.69 Å². The van der Waals surface area contributed by atoms with Gasteiger partial charge in [0.25, 0.3) is 0 Å². The fourth-order valence-corrected chi connectivity index (χ4v) is 2.20. The number of halogens is 1. The summed E-state index contributed by atoms with van der Waals surface area (Å²) < 4.78 is 6.65. The highest BCUT2D eigenvalue weighted by Crippen LogP contribution is 2.23. The van der Waals surface area contributed by atoms with E-state index in [0.717, 1.165) is 22.2 Å². The van der Waals surface area contributed by atoms with Crippen molar-refractivity contribution < 1.29 is 4.74 Å². The van der Waals surface area contributed by atoms with Gasteiger partial charge in [-0.1, -0.05) is 47.1 Å². The molecule has 0 atom stereocenters. The van der Waals surface area contributed by atoms with Crippen LogP contribution in [0.15, 0.2) is 46.9 Å². The van der Waals surface area contributed by atoms with Crippen LogP contribution in [0.25, 0.3) is 0 Å². The van der Waals surface area contributed by atoms with Crippen molar-refractivity contribution in [2.24, 2.45) is 0 Å². The van der Waals surface area contributed by atoms with Crippen molar-refractivity contribution in [3.63, 3.8) is 0 Å². The lowest BCUT2D eigenvalue weighted by Gasteiger charge is -2.08. The van der Waals surface area contributed by atoms with Crippen LogP contribution in [0.5, 0.6) is 5.75 Å². The van der Waals surface area contributed by atoms with Crippen molar-refractivity contribution in [3.8, 4) is 5.75 Å². The molecule has 3 heteroatoms. The molecule has 2 N–H and O–H groups in total. The molecule has 0 aliphatic rings. The van der Waals surface area contributed by atoms with Gasteiger partial charge >= 0.3 is 0 Å². The highest BCUT2D eigenvalue weighted by molar-refractivity contribution is 9.10. The molecule has 2 aromatic carbocycles. The Kier molecular flexibility index (Phi) is 4.26. The minimum absolute atomic E-state index is 0.555. The third-order valence-electron chi connectivity index (χ3n) is 2.73. The molecule has 2 nitrogen and oxygen atoms in total. The third-order valence-corrected chi connectivity index (χ3v) is 3.19. The molecule has 0 fully saturated rings. The quantitative estimate of drug-likeness (QED) is 0.860. The maximum absolute atomic E-state index is 5.76. The molecular weight excluding hydrogens is 290 g/mol. The van der Waals surface area contributed by atoms with Gasteiger partial charge in [0.15, 0.2) is 0 Å². The van der Waals surface area contributed by atoms with Crippen LogP contribution in [-0.2, 0) is 13.0 Å². The van der Waals surface area contributed by atoms with Crippen LogP contribution in [0.2, 0.25) is 0 Å². The third kappa shape index (κ3) is 3.50. The summed E-state index contributed by atoms with van der Waals surface area (Å²) >= 11 is 3.40. The molecule has 94 valence electrons. The Hall–Kier alpha value is -1.48. The number of hydrogen-bond donors (Lipinski definition) is 1. The average Bonchev–Trinajstić information content (AvgIpc) is 2.36. The summed E-state index contributed by atoms with van der Waals surface area (Å²) in [5.74, 6) is 0.779. The van der Waals surface area contributed by atoms with Crippen molar-refractivity contribution in [1.29, 1.82) is 0 Å². The standard InChI is InChI=1S/C15H16BrNO/c1-2-11-3-5-12(6-4-11)10-18-15-8-13(16)7-14(17)9-15/h3-9H,2,10,17H2,1H3. The molecule has 18 heavy (non-hydrogen) atoms. The number of anilines is 1. The van der Waals surface area contributed by atoms with E-state index in [1.807, 2.05) is 18.2 Å². The summed E-state index contributed by atoms with van der Waals surface area (Å²) in [6, 6.07) is 14.0. The van der Waals surface area contributed by atoms with Crippen molar-refractivity contribution in [2.45, 2.75) is 20.0 Å². The Labute approximate surface area is 116 Å². The first-order valence-corrected chi connectivity index (χ1v) is 6.73. The highest BCUT2D eigenvalue weighted by atomic mass is 79.9. The van der Waals surface area contributed by atoms with E-state index in [9.17, 15) is 0 Å². The van der Waals surface area contributed by atoms with Crippen LogP contribution >= 0.6 is 15.9 Å². The second-order valence-electron chi connectivity index (χ2n) is 4.18. The molecule has 0 radical (unpaired) electrons. The summed E-state index contributed by atoms with van der Waals surface area (Å²) in [6.07, 6.45) is 1.06. The van der Waals surface area contributed by atoms with Crippen LogP contribution in [0, 0.1) is 0 Å². The average molecular weight is 306 g/mol. The second-order valence-corrected chi connectivity index (χ2v) is 5.09. The number of hydrogen-bond acceptors (Lipinski definition) is 2. The van der Waals surface area contributed by atoms with E-state index in [4.69, 9.17) is 10.5 Å². The minimum atomic E-state index is 0.555. The van der Waals surface area contributed by atoms with E-state index < -0.39 is 0 Å². The van der Waals surface area contributed by atoms with E-state index in [-0.39, 0.29) is 0 Å². The maximum atomic E-state index is 5.76. The molecule has 0 saturated carbocycles. The summed E-state index contributed by atoms with van der Waals surface area (Å²) in [6.45, 7) is 2.70. The van der Waals surface area contributed by atoms with Crippen LogP contribution in [-0.4, -0.2) is 0 Å². The lowest BCUT2D eigenvalue weighted by molar-refractivity contribution is 0.306. The van der Waals surface area contributed by atoms with Gasteiger partial charge in [-0.3, -0.25) is 0 Å². The van der Waals surface area contributed by atoms with Gasteiger partial charge < -0.3 is 10.5 Å². The lowest BCUT2D eigenvalue weighted by Crippen LogP contribution is -1.96. The van der Waals surface area contributed by atoms with Crippen molar-refractivity contribution in [3.05, 3.63) is 58.1 Å². The first kappa shape index (κ1) is 13.0. The number of nitrogens with two attached hydrogens (primary N) is 1. The molecule has 0 aliphatic heterocycles. The van der Waals surface area contributed by atoms with Crippen molar-refractivity contribution in [1.82, 2.24) is 0 Å². The summed E-state index contributed by atoms with van der Waals surface area (Å²) in [4.78, 5) is 0. The summed E-state index contributed by atoms with van der Waals surface area (Å²) in [7, 11) is 0. The Morgan fingerprint density at radius 2 is 1.72 bits per heavy atom. The monoisotopic (exact) mass is 305 g/mol. The Morgan fingerprint density at radius 1 is 1.06 bits per heavy atom. The molecule has 0 amide bonds. The first-order chi connectivity index (χ1) is 8.67. The van der Waals surface area contributed by atoms with E-state index in [1.165, 1.54) is 5.56 Å². The van der Waals surface area contributed by atoms with Gasteiger partial charge in [-0.15, -0.1) is 0 Å². The minimum Gasteiger partial charge on any atom is -0.489 e. The molecular formula is C15H16BrNO. The molecule has 0 spiro atoms. The fraction of sp³-hybridized carbons (Fsp3) is 0.200. The second kappa shape index (κ2) is 5.91. The zero-order valence-corrected chi connectivity index (χ0v) is 11.9. The van der Waals surface area contributed by atoms with Gasteiger partial charge in [0, 0.05) is 16.2 Å². The number of ether oxygens (including phenoxy) is 1. The number of aryl methyl sites for hydroxylation is 1. The largest absolute Gasteiger partial charge is 0.489 e. The molecule has 0 bridgehead atoms. The smallest absolute Gasteiger partial charge is 0.122 e. The molecule has 0 aromatic heterocycles. The molecule has 0 heterocycles. The Balaban J connectivity index is 2.01. The number of nitrogen functional groups attached to an aromatic ring is 1. The zero-order valence-electron chi connectivity index (χ0n) is 10.3. The van der Waals surface area contributed by atoms with Gasteiger partial charge in [0.1, 0.15) is 12.4 Å². The molecule has 0 aliphatic carbocycles. The predicted octanol–water partition coefficient (Wildman–Crippen LogP) is 4.17. The van der Waals surface area contributed by atoms with Gasteiger partial charge in [-0.2, -0.15) is 0 Å². The number of benzene rings is 2. The van der Waals surface area contributed by atoms with E-state index in [1.54, 1.807) is 0 Å². The maximum Gasteiger partial charge on any atom is 0.122 e. The fourth-order valence-electron chi connectivity index (χ4n) is 1.71. The number of rotatable bonds is 4. The van der Waals surface area contributed by atoms with Crippen molar-refractivity contribution in [2.75, 3.05) is 5.73 Å². The predicted molar refractivity (Wildman–Crippen MR) is 78.7 cm³/mol. The van der Waals surface area contributed by atoms with Gasteiger partial charge in [0.05, 0.1) is 0 Å². The SMILES string of the molecule is CCc1ccc(COc2cc(N)cc(Br)c2)cc1. The summed E-state index contributed by atoms with van der Waals surface area (Å²) in [5, 5.41) is 0. The normalized spacial score (nSPS) is 10.3. The molecule has 0 unspecified atom stereocenters. The van der Waals surface area contributed by atoms with E-state index in [0.29, 0.717) is 12.3 Å². The molecule has 0 saturated heterocycles. The van der Waals surface area contributed by atoms with Crippen molar-refractivity contribution >= 4 is 21.6 Å². The first-order valence-electron chi connectivity index (χ1n) is 5.94. The van der Waals surface area contributed by atoms with Gasteiger partial charge in [-0.25, -0.2) is 0 Å². The van der Waals surface area contributed by atoms with Gasteiger partial charge in [-0.05, 0) is 29.7 Å². The van der Waals surface area contributed by atoms with Crippen LogP contribution in [0.1, 0.15) is 18.1 Å². The summed E-state index contributed by atoms with van der Waals surface area (Å²) in [5.41, 5.74) is 8.95. The van der Waals surface area contributed by atoms with E-state index >= 15 is 0 Å². The molecule has 2 aromatic rings. The van der Waals surface area contributed by atoms with Crippen LogP contribution in [0.3, 0.4) is 0 Å². The van der Waals surface area contributed by atoms with Crippen LogP contribution < -0.4 is 10.5 Å². The topological polar surface area (TPSA) is 35.2 Å². The Morgan fingerprint density at radius 3 is 2.33 bits per heavy atom. The Bertz CT molecular complexity index is 502.